The molecule has 0 amide bonds. The molecule has 19 heavy (non-hydrogen) atoms. The van der Waals surface area contributed by atoms with E-state index in [1.54, 1.807) is 12.1 Å². The third-order valence-electron chi connectivity index (χ3n) is 2.64. The van der Waals surface area contributed by atoms with Crippen molar-refractivity contribution in [2.24, 2.45) is 5.73 Å². The molecule has 1 nitrogen and oxygen atoms in total. The van der Waals surface area contributed by atoms with Crippen LogP contribution in [0.4, 0.5) is 4.39 Å². The molecular weight excluding hydrogens is 281 g/mol. The van der Waals surface area contributed by atoms with E-state index in [1.807, 2.05) is 31.2 Å². The molecule has 2 aromatic rings. The van der Waals surface area contributed by atoms with Crippen LogP contribution in [0.25, 0.3) is 0 Å². The maximum Gasteiger partial charge on any atom is 0.137 e. The van der Waals surface area contributed by atoms with Crippen molar-refractivity contribution >= 4 is 23.4 Å². The first-order chi connectivity index (χ1) is 9.08. The third-order valence-corrected chi connectivity index (χ3v) is 4.30. The van der Waals surface area contributed by atoms with Gasteiger partial charge in [0, 0.05) is 15.8 Å². The molecule has 1 unspecified atom stereocenters. The van der Waals surface area contributed by atoms with Crippen LogP contribution in [0.15, 0.2) is 52.3 Å². The molecule has 0 fully saturated rings. The summed E-state index contributed by atoms with van der Waals surface area (Å²) in [6, 6.07) is 12.4. The zero-order valence-electron chi connectivity index (χ0n) is 10.6. The van der Waals surface area contributed by atoms with E-state index >= 15 is 0 Å². The summed E-state index contributed by atoms with van der Waals surface area (Å²) < 4.78 is 13.7. The van der Waals surface area contributed by atoms with Crippen LogP contribution in [0.1, 0.15) is 12.5 Å². The van der Waals surface area contributed by atoms with Crippen molar-refractivity contribution in [3.63, 3.8) is 0 Å². The maximum absolute atomic E-state index is 13.7. The van der Waals surface area contributed by atoms with Gasteiger partial charge in [0.2, 0.25) is 0 Å². The first-order valence-corrected chi connectivity index (χ1v) is 7.22. The molecule has 2 aromatic carbocycles. The van der Waals surface area contributed by atoms with Crippen LogP contribution in [0.3, 0.4) is 0 Å². The van der Waals surface area contributed by atoms with Gasteiger partial charge in [-0.2, -0.15) is 0 Å². The van der Waals surface area contributed by atoms with Crippen molar-refractivity contribution in [1.82, 2.24) is 0 Å². The lowest BCUT2D eigenvalue weighted by Gasteiger charge is -2.13. The van der Waals surface area contributed by atoms with Crippen LogP contribution in [0.5, 0.6) is 0 Å². The molecule has 0 heterocycles. The Bertz CT molecular complexity index is 572. The number of halogens is 2. The van der Waals surface area contributed by atoms with E-state index in [0.29, 0.717) is 9.92 Å². The second-order valence-corrected chi connectivity index (χ2v) is 5.90. The van der Waals surface area contributed by atoms with Crippen molar-refractivity contribution < 1.29 is 4.39 Å². The minimum atomic E-state index is -0.237. The Morgan fingerprint density at radius 3 is 2.63 bits per heavy atom. The second kappa shape index (κ2) is 6.42. The lowest BCUT2D eigenvalue weighted by atomic mass is 10.1. The van der Waals surface area contributed by atoms with E-state index in [2.05, 4.69) is 0 Å². The van der Waals surface area contributed by atoms with E-state index in [4.69, 9.17) is 17.3 Å². The highest BCUT2D eigenvalue weighted by molar-refractivity contribution is 7.99. The van der Waals surface area contributed by atoms with Crippen LogP contribution >= 0.6 is 23.4 Å². The van der Waals surface area contributed by atoms with Gasteiger partial charge in [0.15, 0.2) is 0 Å². The summed E-state index contributed by atoms with van der Waals surface area (Å²) >= 11 is 7.58. The van der Waals surface area contributed by atoms with Gasteiger partial charge in [-0.1, -0.05) is 47.6 Å². The highest BCUT2D eigenvalue weighted by Gasteiger charge is 2.12. The van der Waals surface area contributed by atoms with E-state index in [-0.39, 0.29) is 11.9 Å². The van der Waals surface area contributed by atoms with Crippen molar-refractivity contribution in [1.29, 1.82) is 0 Å². The molecule has 1 atom stereocenters. The normalized spacial score (nSPS) is 12.4. The molecule has 2 N–H and O–H groups in total. The van der Waals surface area contributed by atoms with Gasteiger partial charge >= 0.3 is 0 Å². The topological polar surface area (TPSA) is 26.0 Å². The van der Waals surface area contributed by atoms with Gasteiger partial charge in [0.25, 0.3) is 0 Å². The largest absolute Gasteiger partial charge is 0.328 e. The van der Waals surface area contributed by atoms with E-state index in [0.717, 1.165) is 16.9 Å². The van der Waals surface area contributed by atoms with Crippen molar-refractivity contribution in [3.05, 3.63) is 58.9 Å². The maximum atomic E-state index is 13.7. The molecule has 0 saturated heterocycles. The Kier molecular flexibility index (Phi) is 4.86. The second-order valence-electron chi connectivity index (χ2n) is 4.44. The molecule has 0 radical (unpaired) electrons. The number of hydrogen-bond acceptors (Lipinski definition) is 2. The van der Waals surface area contributed by atoms with Gasteiger partial charge in [-0.3, -0.25) is 0 Å². The van der Waals surface area contributed by atoms with E-state index in [9.17, 15) is 4.39 Å². The van der Waals surface area contributed by atoms with Crippen LogP contribution < -0.4 is 5.73 Å². The summed E-state index contributed by atoms with van der Waals surface area (Å²) in [7, 11) is 0. The number of rotatable bonds is 4. The first-order valence-electron chi connectivity index (χ1n) is 6.03. The van der Waals surface area contributed by atoms with E-state index in [1.165, 1.54) is 17.8 Å². The van der Waals surface area contributed by atoms with Crippen LogP contribution in [0.2, 0.25) is 5.02 Å². The smallest absolute Gasteiger partial charge is 0.137 e. The minimum absolute atomic E-state index is 0.0402. The number of benzene rings is 2. The highest BCUT2D eigenvalue weighted by atomic mass is 35.5. The van der Waals surface area contributed by atoms with Crippen molar-refractivity contribution in [3.8, 4) is 0 Å². The molecule has 0 aliphatic rings. The molecular formula is C15H15ClFNS. The predicted octanol–water partition coefficient (Wildman–Crippen LogP) is 4.52. The Labute approximate surface area is 122 Å². The van der Waals surface area contributed by atoms with Crippen molar-refractivity contribution in [2.45, 2.75) is 29.2 Å². The Hall–Kier alpha value is -1.03. The molecule has 0 aromatic heterocycles. The van der Waals surface area contributed by atoms with Gasteiger partial charge in [-0.05, 0) is 37.1 Å². The molecule has 2 rings (SSSR count). The molecule has 0 aliphatic heterocycles. The van der Waals surface area contributed by atoms with Crippen LogP contribution in [0, 0.1) is 5.82 Å². The fraction of sp³-hybridized carbons (Fsp3) is 0.200. The minimum Gasteiger partial charge on any atom is -0.328 e. The first kappa shape index (κ1) is 14.4. The SMILES string of the molecule is CC(N)Cc1cccc(Cl)c1Sc1ccccc1F. The summed E-state index contributed by atoms with van der Waals surface area (Å²) in [4.78, 5) is 1.45. The van der Waals surface area contributed by atoms with Crippen LogP contribution in [-0.2, 0) is 6.42 Å². The molecule has 0 bridgehead atoms. The Morgan fingerprint density at radius 1 is 1.21 bits per heavy atom. The fourth-order valence-corrected chi connectivity index (χ4v) is 3.10. The lowest BCUT2D eigenvalue weighted by molar-refractivity contribution is 0.602. The van der Waals surface area contributed by atoms with Gasteiger partial charge < -0.3 is 5.73 Å². The molecule has 0 aliphatic carbocycles. The summed E-state index contributed by atoms with van der Waals surface area (Å²) in [5, 5.41) is 0.631. The monoisotopic (exact) mass is 295 g/mol. The fourth-order valence-electron chi connectivity index (χ4n) is 1.81. The zero-order chi connectivity index (χ0) is 13.8. The van der Waals surface area contributed by atoms with Crippen molar-refractivity contribution in [2.75, 3.05) is 0 Å². The lowest BCUT2D eigenvalue weighted by Crippen LogP contribution is -2.18. The summed E-state index contributed by atoms with van der Waals surface area (Å²) in [5.41, 5.74) is 6.89. The molecule has 4 heteroatoms. The number of hydrogen-bond donors (Lipinski definition) is 1. The standard InChI is InChI=1S/C15H15ClFNS/c1-10(18)9-11-5-4-6-12(16)15(11)19-14-8-3-2-7-13(14)17/h2-8,10H,9,18H2,1H3. The van der Waals surface area contributed by atoms with E-state index < -0.39 is 0 Å². The van der Waals surface area contributed by atoms with Crippen LogP contribution in [-0.4, -0.2) is 6.04 Å². The van der Waals surface area contributed by atoms with Gasteiger partial charge in [-0.25, -0.2) is 4.39 Å². The quantitative estimate of drug-likeness (QED) is 0.897. The number of nitrogens with two attached hydrogens (primary N) is 1. The molecule has 0 spiro atoms. The third kappa shape index (κ3) is 3.72. The zero-order valence-corrected chi connectivity index (χ0v) is 12.1. The van der Waals surface area contributed by atoms with Gasteiger partial charge in [-0.15, -0.1) is 0 Å². The summed E-state index contributed by atoms with van der Waals surface area (Å²) in [6.07, 6.45) is 0.720. The summed E-state index contributed by atoms with van der Waals surface area (Å²) in [6.45, 7) is 1.94. The average molecular weight is 296 g/mol. The summed E-state index contributed by atoms with van der Waals surface area (Å²) in [5.74, 6) is -0.237. The molecule has 100 valence electrons. The predicted molar refractivity (Wildman–Crippen MR) is 79.3 cm³/mol. The van der Waals surface area contributed by atoms with Gasteiger partial charge in [0.05, 0.1) is 5.02 Å². The Morgan fingerprint density at radius 2 is 1.95 bits per heavy atom. The Balaban J connectivity index is 2.36. The molecule has 0 saturated carbocycles. The highest BCUT2D eigenvalue weighted by Crippen LogP contribution is 2.37. The average Bonchev–Trinajstić information content (AvgIpc) is 2.35. The van der Waals surface area contributed by atoms with Gasteiger partial charge in [0.1, 0.15) is 5.82 Å².